The van der Waals surface area contributed by atoms with Gasteiger partial charge in [-0.05, 0) is 49.8 Å². The van der Waals surface area contributed by atoms with Crippen LogP contribution in [0.3, 0.4) is 0 Å². The second-order valence-electron chi connectivity index (χ2n) is 5.27. The Kier molecular flexibility index (Phi) is 5.04. The van der Waals surface area contributed by atoms with Crippen molar-refractivity contribution in [3.8, 4) is 0 Å². The average Bonchev–Trinajstić information content (AvgIpc) is 2.32. The van der Waals surface area contributed by atoms with Crippen LogP contribution in [0.25, 0.3) is 0 Å². The van der Waals surface area contributed by atoms with Gasteiger partial charge >= 0.3 is 0 Å². The summed E-state index contributed by atoms with van der Waals surface area (Å²) in [5.41, 5.74) is 1.42. The zero-order valence-corrected chi connectivity index (χ0v) is 11.9. The summed E-state index contributed by atoms with van der Waals surface area (Å²) >= 11 is 5.90. The fraction of sp³-hybridized carbons (Fsp3) is 0.600. The lowest BCUT2D eigenvalue weighted by molar-refractivity contribution is 0.175. The van der Waals surface area contributed by atoms with Crippen molar-refractivity contribution in [2.24, 2.45) is 0 Å². The maximum atomic E-state index is 5.90. The van der Waals surface area contributed by atoms with E-state index in [1.165, 1.54) is 18.4 Å². The summed E-state index contributed by atoms with van der Waals surface area (Å²) in [6.07, 6.45) is 3.55. The molecule has 1 fully saturated rings. The van der Waals surface area contributed by atoms with E-state index in [2.05, 4.69) is 24.4 Å². The summed E-state index contributed by atoms with van der Waals surface area (Å²) in [5.74, 6) is 0.703. The molecule has 100 valence electrons. The first-order chi connectivity index (χ1) is 8.69. The van der Waals surface area contributed by atoms with Crippen molar-refractivity contribution >= 4 is 11.6 Å². The van der Waals surface area contributed by atoms with Crippen LogP contribution in [0, 0.1) is 0 Å². The molecular weight excluding hydrogens is 246 g/mol. The van der Waals surface area contributed by atoms with E-state index >= 15 is 0 Å². The van der Waals surface area contributed by atoms with Crippen molar-refractivity contribution in [2.75, 3.05) is 13.7 Å². The zero-order valence-electron chi connectivity index (χ0n) is 11.2. The quantitative estimate of drug-likeness (QED) is 0.850. The van der Waals surface area contributed by atoms with E-state index in [-0.39, 0.29) is 0 Å². The van der Waals surface area contributed by atoms with E-state index in [0.717, 1.165) is 18.1 Å². The van der Waals surface area contributed by atoms with Crippen LogP contribution in [0.2, 0.25) is 5.02 Å². The van der Waals surface area contributed by atoms with Crippen LogP contribution in [-0.4, -0.2) is 25.8 Å². The second-order valence-corrected chi connectivity index (χ2v) is 5.70. The molecule has 0 aliphatic heterocycles. The third kappa shape index (κ3) is 3.71. The maximum Gasteiger partial charge on any atom is 0.0476 e. The molecule has 0 heterocycles. The Labute approximate surface area is 115 Å². The van der Waals surface area contributed by atoms with Gasteiger partial charge in [-0.2, -0.15) is 0 Å². The fourth-order valence-electron chi connectivity index (χ4n) is 2.54. The van der Waals surface area contributed by atoms with Crippen LogP contribution in [0.15, 0.2) is 24.3 Å². The highest BCUT2D eigenvalue weighted by Crippen LogP contribution is 2.37. The topological polar surface area (TPSA) is 21.3 Å². The first-order valence-corrected chi connectivity index (χ1v) is 7.07. The third-order valence-electron chi connectivity index (χ3n) is 3.75. The van der Waals surface area contributed by atoms with E-state index in [0.29, 0.717) is 18.0 Å². The van der Waals surface area contributed by atoms with Gasteiger partial charge in [-0.3, -0.25) is 0 Å². The summed E-state index contributed by atoms with van der Waals surface area (Å²) in [5, 5.41) is 4.48. The lowest BCUT2D eigenvalue weighted by atomic mass is 9.75. The van der Waals surface area contributed by atoms with E-state index in [4.69, 9.17) is 16.3 Å². The molecule has 18 heavy (non-hydrogen) atoms. The number of benzene rings is 1. The molecule has 1 aliphatic carbocycles. The van der Waals surface area contributed by atoms with Gasteiger partial charge in [0.2, 0.25) is 0 Å². The Morgan fingerprint density at radius 1 is 1.33 bits per heavy atom. The molecule has 1 saturated carbocycles. The Bertz CT molecular complexity index is 359. The molecular formula is C15H22ClNO. The van der Waals surface area contributed by atoms with Crippen molar-refractivity contribution in [1.29, 1.82) is 0 Å². The van der Waals surface area contributed by atoms with Gasteiger partial charge in [-0.15, -0.1) is 0 Å². The summed E-state index contributed by atoms with van der Waals surface area (Å²) in [4.78, 5) is 0. The minimum absolute atomic E-state index is 0.543. The average molecular weight is 268 g/mol. The van der Waals surface area contributed by atoms with Crippen LogP contribution < -0.4 is 5.32 Å². The van der Waals surface area contributed by atoms with Gasteiger partial charge in [0, 0.05) is 30.8 Å². The van der Waals surface area contributed by atoms with Crippen molar-refractivity contribution in [3.05, 3.63) is 34.9 Å². The Balaban J connectivity index is 1.72. The lowest BCUT2D eigenvalue weighted by Crippen LogP contribution is -2.44. The predicted molar refractivity (Wildman–Crippen MR) is 76.3 cm³/mol. The fourth-order valence-corrected chi connectivity index (χ4v) is 2.67. The van der Waals surface area contributed by atoms with Gasteiger partial charge in [0.1, 0.15) is 0 Å². The number of ether oxygens (including phenoxy) is 1. The van der Waals surface area contributed by atoms with Gasteiger partial charge in [-0.1, -0.05) is 23.7 Å². The van der Waals surface area contributed by atoms with Gasteiger partial charge in [0.15, 0.2) is 0 Å². The molecule has 0 spiro atoms. The Morgan fingerprint density at radius 3 is 2.61 bits per heavy atom. The van der Waals surface area contributed by atoms with Crippen molar-refractivity contribution in [1.82, 2.24) is 5.32 Å². The van der Waals surface area contributed by atoms with Crippen molar-refractivity contribution < 1.29 is 4.74 Å². The smallest absolute Gasteiger partial charge is 0.0476 e. The number of halogens is 1. The summed E-state index contributed by atoms with van der Waals surface area (Å²) < 4.78 is 5.09. The molecule has 1 unspecified atom stereocenters. The number of methoxy groups -OCH3 is 1. The molecule has 1 aliphatic rings. The Hall–Kier alpha value is -0.570. The minimum atomic E-state index is 0.543. The summed E-state index contributed by atoms with van der Waals surface area (Å²) in [7, 11) is 1.76. The SMILES string of the molecule is COCCC(C)NC1CC(c2ccc(Cl)cc2)C1. The molecule has 0 saturated heterocycles. The second kappa shape index (κ2) is 6.55. The molecule has 1 aromatic carbocycles. The normalized spacial score (nSPS) is 24.6. The lowest BCUT2D eigenvalue weighted by Gasteiger charge is -2.38. The predicted octanol–water partition coefficient (Wildman–Crippen LogP) is 3.60. The van der Waals surface area contributed by atoms with Gasteiger partial charge < -0.3 is 10.1 Å². The molecule has 0 aromatic heterocycles. The van der Waals surface area contributed by atoms with E-state index in [1.807, 2.05) is 12.1 Å². The molecule has 2 rings (SSSR count). The largest absolute Gasteiger partial charge is 0.385 e. The molecule has 3 heteroatoms. The van der Waals surface area contributed by atoms with Crippen LogP contribution in [-0.2, 0) is 4.74 Å². The number of hydrogen-bond acceptors (Lipinski definition) is 2. The maximum absolute atomic E-state index is 5.90. The zero-order chi connectivity index (χ0) is 13.0. The van der Waals surface area contributed by atoms with E-state index in [1.54, 1.807) is 7.11 Å². The Morgan fingerprint density at radius 2 is 2.00 bits per heavy atom. The molecule has 1 aromatic rings. The molecule has 1 N–H and O–H groups in total. The van der Waals surface area contributed by atoms with Gasteiger partial charge in [0.05, 0.1) is 0 Å². The van der Waals surface area contributed by atoms with Crippen molar-refractivity contribution in [2.45, 2.75) is 44.2 Å². The van der Waals surface area contributed by atoms with Crippen LogP contribution >= 0.6 is 11.6 Å². The number of hydrogen-bond donors (Lipinski definition) is 1. The van der Waals surface area contributed by atoms with E-state index in [9.17, 15) is 0 Å². The summed E-state index contributed by atoms with van der Waals surface area (Å²) in [6, 6.07) is 9.48. The van der Waals surface area contributed by atoms with Crippen LogP contribution in [0.5, 0.6) is 0 Å². The highest BCUT2D eigenvalue weighted by atomic mass is 35.5. The summed E-state index contributed by atoms with van der Waals surface area (Å²) in [6.45, 7) is 3.07. The number of nitrogens with one attached hydrogen (secondary N) is 1. The standard InChI is InChI=1S/C15H22ClNO/c1-11(7-8-18-2)17-15-9-13(10-15)12-3-5-14(16)6-4-12/h3-6,11,13,15,17H,7-10H2,1-2H3. The molecule has 0 bridgehead atoms. The van der Waals surface area contributed by atoms with Crippen LogP contribution in [0.4, 0.5) is 0 Å². The molecule has 1 atom stereocenters. The molecule has 0 radical (unpaired) electrons. The van der Waals surface area contributed by atoms with Gasteiger partial charge in [-0.25, -0.2) is 0 Å². The molecule has 2 nitrogen and oxygen atoms in total. The first kappa shape index (κ1) is 13.9. The first-order valence-electron chi connectivity index (χ1n) is 6.69. The van der Waals surface area contributed by atoms with E-state index < -0.39 is 0 Å². The highest BCUT2D eigenvalue weighted by Gasteiger charge is 2.30. The monoisotopic (exact) mass is 267 g/mol. The third-order valence-corrected chi connectivity index (χ3v) is 4.01. The number of rotatable bonds is 6. The van der Waals surface area contributed by atoms with Gasteiger partial charge in [0.25, 0.3) is 0 Å². The van der Waals surface area contributed by atoms with Crippen LogP contribution in [0.1, 0.15) is 37.7 Å². The highest BCUT2D eigenvalue weighted by molar-refractivity contribution is 6.30. The molecule has 0 amide bonds. The minimum Gasteiger partial charge on any atom is -0.385 e. The van der Waals surface area contributed by atoms with Crippen molar-refractivity contribution in [3.63, 3.8) is 0 Å².